The van der Waals surface area contributed by atoms with Gasteiger partial charge in [-0.3, -0.25) is 0 Å². The van der Waals surface area contributed by atoms with Crippen LogP contribution in [-0.4, -0.2) is 0 Å². The molecule has 0 amide bonds. The summed E-state index contributed by atoms with van der Waals surface area (Å²) in [7, 11) is 0. The van der Waals surface area contributed by atoms with Gasteiger partial charge in [0, 0.05) is 22.3 Å². The number of aryl methyl sites for hydroxylation is 1. The van der Waals surface area contributed by atoms with E-state index in [1.54, 1.807) is 6.07 Å². The number of hydrogen-bond acceptors (Lipinski definition) is 1. The van der Waals surface area contributed by atoms with Gasteiger partial charge < -0.3 is 5.32 Å². The molecule has 0 atom stereocenters. The van der Waals surface area contributed by atoms with Gasteiger partial charge in [-0.2, -0.15) is 0 Å². The van der Waals surface area contributed by atoms with Crippen LogP contribution in [0.3, 0.4) is 0 Å². The van der Waals surface area contributed by atoms with E-state index in [-0.39, 0.29) is 5.82 Å². The first-order valence-electron chi connectivity index (χ1n) is 5.82. The molecule has 0 saturated heterocycles. The van der Waals surface area contributed by atoms with Crippen molar-refractivity contribution in [3.63, 3.8) is 0 Å². The molecular formula is C15H15BrFN. The summed E-state index contributed by atoms with van der Waals surface area (Å²) in [6, 6.07) is 11.1. The Labute approximate surface area is 115 Å². The van der Waals surface area contributed by atoms with E-state index in [0.717, 1.165) is 21.3 Å². The van der Waals surface area contributed by atoms with E-state index in [0.29, 0.717) is 12.1 Å². The van der Waals surface area contributed by atoms with E-state index in [9.17, 15) is 4.39 Å². The summed E-state index contributed by atoms with van der Waals surface area (Å²) < 4.78 is 14.7. The van der Waals surface area contributed by atoms with Crippen LogP contribution in [0, 0.1) is 19.7 Å². The molecule has 0 aromatic heterocycles. The van der Waals surface area contributed by atoms with Gasteiger partial charge in [0.25, 0.3) is 0 Å². The monoisotopic (exact) mass is 307 g/mol. The maximum absolute atomic E-state index is 13.6. The van der Waals surface area contributed by atoms with Crippen molar-refractivity contribution in [1.82, 2.24) is 0 Å². The van der Waals surface area contributed by atoms with Gasteiger partial charge in [0.2, 0.25) is 0 Å². The minimum atomic E-state index is -0.166. The van der Waals surface area contributed by atoms with Crippen molar-refractivity contribution in [3.8, 4) is 0 Å². The van der Waals surface area contributed by atoms with Gasteiger partial charge in [-0.15, -0.1) is 0 Å². The molecular weight excluding hydrogens is 293 g/mol. The Morgan fingerprint density at radius 3 is 2.72 bits per heavy atom. The van der Waals surface area contributed by atoms with Crippen LogP contribution in [-0.2, 0) is 6.54 Å². The van der Waals surface area contributed by atoms with E-state index in [2.05, 4.69) is 21.2 Å². The van der Waals surface area contributed by atoms with Crippen LogP contribution in [0.4, 0.5) is 10.1 Å². The predicted molar refractivity (Wildman–Crippen MR) is 77.3 cm³/mol. The number of nitrogens with one attached hydrogen (secondary N) is 1. The third-order valence-electron chi connectivity index (χ3n) is 2.94. The molecule has 2 aromatic carbocycles. The molecule has 94 valence electrons. The minimum absolute atomic E-state index is 0.166. The van der Waals surface area contributed by atoms with Gasteiger partial charge in [0.15, 0.2) is 0 Å². The summed E-state index contributed by atoms with van der Waals surface area (Å²) in [4.78, 5) is 0. The molecule has 1 N–H and O–H groups in total. The molecule has 0 aliphatic heterocycles. The lowest BCUT2D eigenvalue weighted by atomic mass is 10.1. The standard InChI is InChI=1S/C15H15BrFN/c1-10-6-7-14(17)12(8-10)9-18-15-5-3-4-13(16)11(15)2/h3-8,18H,9H2,1-2H3. The Kier molecular flexibility index (Phi) is 4.02. The lowest BCUT2D eigenvalue weighted by Crippen LogP contribution is -2.03. The second kappa shape index (κ2) is 5.53. The van der Waals surface area contributed by atoms with Crippen LogP contribution in [0.15, 0.2) is 40.9 Å². The Morgan fingerprint density at radius 2 is 1.94 bits per heavy atom. The largest absolute Gasteiger partial charge is 0.381 e. The van der Waals surface area contributed by atoms with Gasteiger partial charge in [-0.25, -0.2) is 4.39 Å². The predicted octanol–water partition coefficient (Wildman–Crippen LogP) is 4.82. The topological polar surface area (TPSA) is 12.0 Å². The van der Waals surface area contributed by atoms with E-state index in [1.807, 2.05) is 38.1 Å². The van der Waals surface area contributed by atoms with E-state index in [4.69, 9.17) is 0 Å². The molecule has 1 nitrogen and oxygen atoms in total. The molecule has 0 aliphatic carbocycles. The van der Waals surface area contributed by atoms with Crippen molar-refractivity contribution < 1.29 is 4.39 Å². The molecule has 0 bridgehead atoms. The van der Waals surface area contributed by atoms with Crippen LogP contribution in [0.1, 0.15) is 16.7 Å². The normalized spacial score (nSPS) is 10.4. The van der Waals surface area contributed by atoms with Crippen molar-refractivity contribution in [2.45, 2.75) is 20.4 Å². The van der Waals surface area contributed by atoms with Crippen LogP contribution in [0.25, 0.3) is 0 Å². The number of halogens is 2. The molecule has 2 rings (SSSR count). The second-order valence-electron chi connectivity index (χ2n) is 4.36. The van der Waals surface area contributed by atoms with Gasteiger partial charge in [-0.1, -0.05) is 39.7 Å². The molecule has 0 saturated carbocycles. The molecule has 0 spiro atoms. The molecule has 3 heteroatoms. The quantitative estimate of drug-likeness (QED) is 0.857. The molecule has 0 aliphatic rings. The van der Waals surface area contributed by atoms with Crippen molar-refractivity contribution in [2.24, 2.45) is 0 Å². The Morgan fingerprint density at radius 1 is 1.17 bits per heavy atom. The zero-order valence-corrected chi connectivity index (χ0v) is 12.0. The average molecular weight is 308 g/mol. The molecule has 18 heavy (non-hydrogen) atoms. The first kappa shape index (κ1) is 13.1. The zero-order chi connectivity index (χ0) is 13.1. The average Bonchev–Trinajstić information content (AvgIpc) is 2.35. The van der Waals surface area contributed by atoms with Gasteiger partial charge in [-0.05, 0) is 37.6 Å². The number of benzene rings is 2. The highest BCUT2D eigenvalue weighted by atomic mass is 79.9. The highest BCUT2D eigenvalue weighted by Gasteiger charge is 2.04. The fourth-order valence-corrected chi connectivity index (χ4v) is 2.19. The molecule has 0 radical (unpaired) electrons. The first-order valence-corrected chi connectivity index (χ1v) is 6.61. The highest BCUT2D eigenvalue weighted by Crippen LogP contribution is 2.24. The molecule has 2 aromatic rings. The lowest BCUT2D eigenvalue weighted by Gasteiger charge is -2.11. The molecule has 0 fully saturated rings. The van der Waals surface area contributed by atoms with Crippen molar-refractivity contribution in [2.75, 3.05) is 5.32 Å². The van der Waals surface area contributed by atoms with E-state index < -0.39 is 0 Å². The Bertz CT molecular complexity index is 564. The van der Waals surface area contributed by atoms with Crippen LogP contribution < -0.4 is 5.32 Å². The van der Waals surface area contributed by atoms with Crippen LogP contribution in [0.5, 0.6) is 0 Å². The number of hydrogen-bond donors (Lipinski definition) is 1. The fourth-order valence-electron chi connectivity index (χ4n) is 1.83. The van der Waals surface area contributed by atoms with Crippen LogP contribution >= 0.6 is 15.9 Å². The minimum Gasteiger partial charge on any atom is -0.381 e. The van der Waals surface area contributed by atoms with Crippen molar-refractivity contribution in [3.05, 3.63) is 63.4 Å². The maximum atomic E-state index is 13.6. The lowest BCUT2D eigenvalue weighted by molar-refractivity contribution is 0.612. The molecule has 0 unspecified atom stereocenters. The third-order valence-corrected chi connectivity index (χ3v) is 3.80. The maximum Gasteiger partial charge on any atom is 0.128 e. The van der Waals surface area contributed by atoms with Gasteiger partial charge in [0.1, 0.15) is 5.82 Å². The van der Waals surface area contributed by atoms with E-state index in [1.165, 1.54) is 6.07 Å². The molecule has 0 heterocycles. The number of anilines is 1. The van der Waals surface area contributed by atoms with Crippen LogP contribution in [0.2, 0.25) is 0 Å². The summed E-state index contributed by atoms with van der Waals surface area (Å²) in [6.07, 6.45) is 0. The summed E-state index contributed by atoms with van der Waals surface area (Å²) in [5, 5.41) is 3.27. The Hall–Kier alpha value is -1.35. The zero-order valence-electron chi connectivity index (χ0n) is 10.4. The summed E-state index contributed by atoms with van der Waals surface area (Å²) in [5.41, 5.74) is 3.91. The van der Waals surface area contributed by atoms with Gasteiger partial charge in [0.05, 0.1) is 0 Å². The Balaban J connectivity index is 2.16. The first-order chi connectivity index (χ1) is 8.58. The second-order valence-corrected chi connectivity index (χ2v) is 5.22. The summed E-state index contributed by atoms with van der Waals surface area (Å²) in [6.45, 7) is 4.48. The SMILES string of the molecule is Cc1ccc(F)c(CNc2cccc(Br)c2C)c1. The summed E-state index contributed by atoms with van der Waals surface area (Å²) in [5.74, 6) is -0.166. The third kappa shape index (κ3) is 2.91. The number of rotatable bonds is 3. The smallest absolute Gasteiger partial charge is 0.128 e. The fraction of sp³-hybridized carbons (Fsp3) is 0.200. The van der Waals surface area contributed by atoms with Crippen molar-refractivity contribution in [1.29, 1.82) is 0 Å². The van der Waals surface area contributed by atoms with Gasteiger partial charge >= 0.3 is 0 Å². The highest BCUT2D eigenvalue weighted by molar-refractivity contribution is 9.10. The van der Waals surface area contributed by atoms with Crippen molar-refractivity contribution >= 4 is 21.6 Å². The van der Waals surface area contributed by atoms with E-state index >= 15 is 0 Å². The summed E-state index contributed by atoms with van der Waals surface area (Å²) >= 11 is 3.48.